The molecule has 0 spiro atoms. The third-order valence-corrected chi connectivity index (χ3v) is 3.48. The second-order valence-corrected chi connectivity index (χ2v) is 5.59. The van der Waals surface area contributed by atoms with Crippen molar-refractivity contribution in [3.8, 4) is 0 Å². The molecule has 1 amide bonds. The van der Waals surface area contributed by atoms with Crippen LogP contribution in [-0.4, -0.2) is 25.5 Å². The van der Waals surface area contributed by atoms with Crippen LogP contribution in [0, 0.1) is 0 Å². The van der Waals surface area contributed by atoms with Crippen molar-refractivity contribution < 1.29 is 4.79 Å². The summed E-state index contributed by atoms with van der Waals surface area (Å²) in [6.45, 7) is 3.78. The Kier molecular flexibility index (Phi) is 7.08. The lowest BCUT2D eigenvalue weighted by molar-refractivity contribution is -0.120. The highest BCUT2D eigenvalue weighted by molar-refractivity contribution is 5.78. The van der Waals surface area contributed by atoms with Gasteiger partial charge in [-0.1, -0.05) is 72.3 Å². The van der Waals surface area contributed by atoms with Crippen molar-refractivity contribution in [1.29, 1.82) is 0 Å². The highest BCUT2D eigenvalue weighted by Gasteiger charge is 2.00. The summed E-state index contributed by atoms with van der Waals surface area (Å²) in [6.07, 6.45) is 2.99. The van der Waals surface area contributed by atoms with Crippen LogP contribution in [0.4, 0.5) is 0 Å². The van der Waals surface area contributed by atoms with E-state index in [1.54, 1.807) is 0 Å². The number of rotatable bonds is 8. The number of amides is 1. The number of nitrogens with one attached hydrogen (secondary N) is 2. The number of hydrogen-bond donors (Lipinski definition) is 2. The molecule has 3 heteroatoms. The highest BCUT2D eigenvalue weighted by Crippen LogP contribution is 2.05. The summed E-state index contributed by atoms with van der Waals surface area (Å²) in [5.74, 6) is 0.0356. The van der Waals surface area contributed by atoms with Crippen molar-refractivity contribution in [3.63, 3.8) is 0 Å². The van der Waals surface area contributed by atoms with E-state index in [0.717, 1.165) is 6.42 Å². The van der Waals surface area contributed by atoms with Crippen LogP contribution < -0.4 is 10.6 Å². The lowest BCUT2D eigenvalue weighted by Crippen LogP contribution is -2.35. The molecule has 120 valence electrons. The number of benzene rings is 2. The van der Waals surface area contributed by atoms with Gasteiger partial charge in [-0.3, -0.25) is 4.79 Å². The molecule has 0 aromatic heterocycles. The van der Waals surface area contributed by atoms with Crippen molar-refractivity contribution in [2.24, 2.45) is 0 Å². The molecule has 0 bridgehead atoms. The molecule has 0 atom stereocenters. The van der Waals surface area contributed by atoms with Crippen molar-refractivity contribution in [1.82, 2.24) is 10.6 Å². The molecule has 2 rings (SSSR count). The minimum Gasteiger partial charge on any atom is -0.355 e. The largest absolute Gasteiger partial charge is 0.355 e. The van der Waals surface area contributed by atoms with E-state index in [0.29, 0.717) is 19.6 Å². The zero-order valence-electron chi connectivity index (χ0n) is 13.6. The molecule has 0 aliphatic carbocycles. The van der Waals surface area contributed by atoms with Gasteiger partial charge < -0.3 is 10.6 Å². The molecule has 0 fully saturated rings. The van der Waals surface area contributed by atoms with Gasteiger partial charge in [-0.25, -0.2) is 0 Å². The quantitative estimate of drug-likeness (QED) is 0.787. The molecule has 0 saturated carbocycles. The van der Waals surface area contributed by atoms with Crippen molar-refractivity contribution in [3.05, 3.63) is 77.4 Å². The average molecular weight is 308 g/mol. The van der Waals surface area contributed by atoms with Gasteiger partial charge in [-0.15, -0.1) is 0 Å². The van der Waals surface area contributed by atoms with Crippen LogP contribution in [0.15, 0.2) is 66.2 Å². The molecule has 0 saturated heterocycles. The molecule has 0 aliphatic heterocycles. The minimum atomic E-state index is 0.0356. The van der Waals surface area contributed by atoms with Gasteiger partial charge in [0.1, 0.15) is 0 Å². The molecular weight excluding hydrogens is 284 g/mol. The van der Waals surface area contributed by atoms with E-state index in [4.69, 9.17) is 0 Å². The Morgan fingerprint density at radius 3 is 2.30 bits per heavy atom. The highest BCUT2D eigenvalue weighted by atomic mass is 16.1. The van der Waals surface area contributed by atoms with Crippen molar-refractivity contribution in [2.45, 2.75) is 13.3 Å². The average Bonchev–Trinajstić information content (AvgIpc) is 2.57. The summed E-state index contributed by atoms with van der Waals surface area (Å²) in [4.78, 5) is 11.8. The van der Waals surface area contributed by atoms with Crippen LogP contribution in [0.5, 0.6) is 0 Å². The van der Waals surface area contributed by atoms with Gasteiger partial charge in [0.25, 0.3) is 0 Å². The van der Waals surface area contributed by atoms with Gasteiger partial charge >= 0.3 is 0 Å². The molecule has 2 N–H and O–H groups in total. The van der Waals surface area contributed by atoms with Crippen LogP contribution in [-0.2, 0) is 11.2 Å². The first-order valence-electron chi connectivity index (χ1n) is 7.97. The molecule has 0 radical (unpaired) electrons. The zero-order chi connectivity index (χ0) is 16.3. The van der Waals surface area contributed by atoms with E-state index in [1.165, 1.54) is 16.7 Å². The maximum Gasteiger partial charge on any atom is 0.233 e. The first-order valence-corrected chi connectivity index (χ1v) is 7.97. The lowest BCUT2D eigenvalue weighted by atomic mass is 10.1. The zero-order valence-corrected chi connectivity index (χ0v) is 13.6. The van der Waals surface area contributed by atoms with E-state index in [2.05, 4.69) is 47.9 Å². The predicted octanol–water partition coefficient (Wildman–Crippen LogP) is 3.04. The number of hydrogen-bond acceptors (Lipinski definition) is 2. The predicted molar refractivity (Wildman–Crippen MR) is 96.1 cm³/mol. The van der Waals surface area contributed by atoms with Crippen molar-refractivity contribution in [2.75, 3.05) is 19.6 Å². The second-order valence-electron chi connectivity index (χ2n) is 5.59. The fraction of sp³-hybridized carbons (Fsp3) is 0.250. The van der Waals surface area contributed by atoms with Crippen LogP contribution in [0.2, 0.25) is 0 Å². The van der Waals surface area contributed by atoms with E-state index < -0.39 is 0 Å². The molecule has 23 heavy (non-hydrogen) atoms. The third kappa shape index (κ3) is 6.94. The Hall–Kier alpha value is -2.39. The summed E-state index contributed by atoms with van der Waals surface area (Å²) < 4.78 is 0. The smallest absolute Gasteiger partial charge is 0.233 e. The summed E-state index contributed by atoms with van der Waals surface area (Å²) in [5, 5.41) is 6.11. The van der Waals surface area contributed by atoms with Gasteiger partial charge in [0.2, 0.25) is 5.91 Å². The van der Waals surface area contributed by atoms with E-state index >= 15 is 0 Å². The fourth-order valence-electron chi connectivity index (χ4n) is 2.31. The Bertz CT molecular complexity index is 621. The van der Waals surface area contributed by atoms with Gasteiger partial charge in [0.05, 0.1) is 6.54 Å². The van der Waals surface area contributed by atoms with E-state index in [9.17, 15) is 4.79 Å². The molecule has 0 unspecified atom stereocenters. The number of carbonyl (C=O) groups excluding carboxylic acids is 1. The van der Waals surface area contributed by atoms with Crippen LogP contribution in [0.25, 0.3) is 6.08 Å². The van der Waals surface area contributed by atoms with Gasteiger partial charge in [0.15, 0.2) is 0 Å². The maximum atomic E-state index is 11.8. The molecule has 3 nitrogen and oxygen atoms in total. The normalized spacial score (nSPS) is 11.3. The molecule has 2 aromatic carbocycles. The van der Waals surface area contributed by atoms with Gasteiger partial charge in [-0.2, -0.15) is 0 Å². The summed E-state index contributed by atoms with van der Waals surface area (Å²) in [6, 6.07) is 20.4. The Labute approximate surface area is 138 Å². The van der Waals surface area contributed by atoms with Crippen LogP contribution >= 0.6 is 0 Å². The first kappa shape index (κ1) is 17.0. The summed E-state index contributed by atoms with van der Waals surface area (Å²) in [7, 11) is 0. The standard InChI is InChI=1S/C20H24N2O/c1-17(14-19-10-6-3-7-11-19)15-21-16-20(23)22-13-12-18-8-4-2-5-9-18/h2-11,14,21H,12-13,15-16H2,1H3,(H,22,23)/b17-14-. The second kappa shape index (κ2) is 9.59. The van der Waals surface area contributed by atoms with Crippen LogP contribution in [0.3, 0.4) is 0 Å². The van der Waals surface area contributed by atoms with Gasteiger partial charge in [-0.05, 0) is 24.5 Å². The fourth-order valence-corrected chi connectivity index (χ4v) is 2.31. The minimum absolute atomic E-state index is 0.0356. The lowest BCUT2D eigenvalue weighted by Gasteiger charge is -2.07. The number of carbonyl (C=O) groups is 1. The molecule has 2 aromatic rings. The monoisotopic (exact) mass is 308 g/mol. The first-order chi connectivity index (χ1) is 11.2. The van der Waals surface area contributed by atoms with Crippen LogP contribution in [0.1, 0.15) is 18.1 Å². The maximum absolute atomic E-state index is 11.8. The Morgan fingerprint density at radius 2 is 1.61 bits per heavy atom. The summed E-state index contributed by atoms with van der Waals surface area (Å²) in [5.41, 5.74) is 3.62. The van der Waals surface area contributed by atoms with Gasteiger partial charge in [0, 0.05) is 13.1 Å². The van der Waals surface area contributed by atoms with E-state index in [1.807, 2.05) is 36.4 Å². The third-order valence-electron chi connectivity index (χ3n) is 3.48. The topological polar surface area (TPSA) is 41.1 Å². The molecule has 0 aliphatic rings. The Morgan fingerprint density at radius 1 is 0.957 bits per heavy atom. The van der Waals surface area contributed by atoms with E-state index in [-0.39, 0.29) is 5.91 Å². The SMILES string of the molecule is C/C(=C/c1ccccc1)CNCC(=O)NCCc1ccccc1. The Balaban J connectivity index is 1.62. The molecule has 0 heterocycles. The summed E-state index contributed by atoms with van der Waals surface area (Å²) >= 11 is 0. The molecular formula is C20H24N2O. The van der Waals surface area contributed by atoms with Crippen molar-refractivity contribution >= 4 is 12.0 Å².